The lowest BCUT2D eigenvalue weighted by atomic mass is 9.48. The number of hydrogen-bond acceptors (Lipinski definition) is 2. The summed E-state index contributed by atoms with van der Waals surface area (Å²) in [6.07, 6.45) is 1.06. The highest BCUT2D eigenvalue weighted by Gasteiger charge is 2.61. The van der Waals surface area contributed by atoms with Gasteiger partial charge in [0.05, 0.1) is 16.3 Å². The van der Waals surface area contributed by atoms with Gasteiger partial charge < -0.3 is 10.2 Å². The smallest absolute Gasteiger partial charge is 0.324 e. The molecule has 0 spiro atoms. The zero-order valence-corrected chi connectivity index (χ0v) is 22.0. The fourth-order valence-corrected chi connectivity index (χ4v) is 8.86. The molecule has 0 radical (unpaired) electrons. The average molecular weight is 523 g/mol. The first-order valence-electron chi connectivity index (χ1n) is 12.9. The molecule has 2 amide bonds. The van der Waals surface area contributed by atoms with Crippen molar-refractivity contribution in [2.24, 2.45) is 34.5 Å². The van der Waals surface area contributed by atoms with Gasteiger partial charge in [0.15, 0.2) is 0 Å². The third-order valence-corrected chi connectivity index (χ3v) is 10.5. The van der Waals surface area contributed by atoms with Crippen molar-refractivity contribution in [2.45, 2.75) is 71.9 Å². The van der Waals surface area contributed by atoms with Gasteiger partial charge in [-0.1, -0.05) is 37.1 Å². The number of allylic oxidation sites excluding steroid dienone is 2. The van der Waals surface area contributed by atoms with Gasteiger partial charge >= 0.3 is 6.18 Å². The van der Waals surface area contributed by atoms with Crippen LogP contribution in [0.1, 0.15) is 71.3 Å². The Morgan fingerprint density at radius 1 is 1.14 bits per heavy atom. The molecule has 1 saturated heterocycles. The van der Waals surface area contributed by atoms with Crippen molar-refractivity contribution < 1.29 is 22.8 Å². The van der Waals surface area contributed by atoms with Crippen molar-refractivity contribution in [1.82, 2.24) is 4.90 Å². The fraction of sp³-hybridized carbons (Fsp3) is 0.643. The third kappa shape index (κ3) is 3.71. The van der Waals surface area contributed by atoms with E-state index in [0.717, 1.165) is 38.2 Å². The van der Waals surface area contributed by atoms with Gasteiger partial charge in [0, 0.05) is 30.5 Å². The molecule has 36 heavy (non-hydrogen) atoms. The topological polar surface area (TPSA) is 49.4 Å². The Balaban J connectivity index is 1.43. The summed E-state index contributed by atoms with van der Waals surface area (Å²) >= 11 is 6.12. The van der Waals surface area contributed by atoms with E-state index in [9.17, 15) is 22.8 Å². The first-order valence-corrected chi connectivity index (χ1v) is 13.3. The number of hydrogen-bond donors (Lipinski definition) is 1. The summed E-state index contributed by atoms with van der Waals surface area (Å²) in [5, 5.41) is 2.48. The van der Waals surface area contributed by atoms with Gasteiger partial charge in [-0.05, 0) is 80.8 Å². The van der Waals surface area contributed by atoms with E-state index in [1.165, 1.54) is 23.4 Å². The van der Waals surface area contributed by atoms with Gasteiger partial charge in [-0.15, -0.1) is 0 Å². The molecule has 3 fully saturated rings. The highest BCUT2D eigenvalue weighted by molar-refractivity contribution is 6.34. The standard InChI is InChI=1S/C28H34ClF3N2O2/c1-15-14-16-17-8-9-20(25(36)33-23-19(28(30,31)32)6-5-7-21(23)29)26(17,2)12-10-18(16)27(3)13-11-22(35)34(4)24(15)27/h5-7,16-18,20H,8-14H2,1-4H3,(H,33,36)/t16-,17-,18-,20+,26-,27+/m0/s1. The van der Waals surface area contributed by atoms with E-state index in [4.69, 9.17) is 11.6 Å². The second-order valence-corrected chi connectivity index (χ2v) is 12.3. The number of piperidine rings is 1. The lowest BCUT2D eigenvalue weighted by molar-refractivity contribution is -0.138. The Morgan fingerprint density at radius 3 is 2.56 bits per heavy atom. The van der Waals surface area contributed by atoms with E-state index in [1.54, 1.807) is 0 Å². The Kier molecular flexibility index (Phi) is 6.05. The molecule has 1 N–H and O–H groups in total. The lowest BCUT2D eigenvalue weighted by Gasteiger charge is -2.59. The second-order valence-electron chi connectivity index (χ2n) is 11.9. The summed E-state index contributed by atoms with van der Waals surface area (Å²) in [6, 6.07) is 3.57. The minimum Gasteiger partial charge on any atom is -0.324 e. The molecule has 8 heteroatoms. The van der Waals surface area contributed by atoms with Crippen LogP contribution in [-0.4, -0.2) is 23.8 Å². The molecule has 0 unspecified atom stereocenters. The number of amides is 2. The molecule has 1 aromatic carbocycles. The summed E-state index contributed by atoms with van der Waals surface area (Å²) in [5.74, 6) is 0.604. The number of nitrogens with one attached hydrogen (secondary N) is 1. The van der Waals surface area contributed by atoms with Crippen LogP contribution in [0.3, 0.4) is 0 Å². The average Bonchev–Trinajstić information content (AvgIpc) is 3.14. The molecule has 4 nitrogen and oxygen atoms in total. The van der Waals surface area contributed by atoms with Crippen LogP contribution in [0.5, 0.6) is 0 Å². The Bertz CT molecular complexity index is 1150. The maximum absolute atomic E-state index is 13.6. The Labute approximate surface area is 215 Å². The molecular formula is C28H34ClF3N2O2. The molecule has 5 rings (SSSR count). The van der Waals surface area contributed by atoms with E-state index in [-0.39, 0.29) is 39.3 Å². The van der Waals surface area contributed by atoms with Crippen LogP contribution in [0.4, 0.5) is 18.9 Å². The first kappa shape index (κ1) is 25.6. The normalized spacial score (nSPS) is 36.3. The number of para-hydroxylation sites is 1. The number of carbonyl (C=O) groups excluding carboxylic acids is 2. The summed E-state index contributed by atoms with van der Waals surface area (Å²) in [4.78, 5) is 27.9. The molecule has 1 aliphatic heterocycles. The highest BCUT2D eigenvalue weighted by Crippen LogP contribution is 2.67. The quantitative estimate of drug-likeness (QED) is 0.443. The molecule has 0 aromatic heterocycles. The number of nitrogens with zero attached hydrogens (tertiary/aromatic N) is 1. The summed E-state index contributed by atoms with van der Waals surface area (Å²) in [7, 11) is 1.89. The van der Waals surface area contributed by atoms with Gasteiger partial charge in [-0.3, -0.25) is 9.59 Å². The van der Waals surface area contributed by atoms with Crippen molar-refractivity contribution in [3.8, 4) is 0 Å². The largest absolute Gasteiger partial charge is 0.418 e. The van der Waals surface area contributed by atoms with Crippen LogP contribution in [-0.2, 0) is 15.8 Å². The highest BCUT2D eigenvalue weighted by atomic mass is 35.5. The summed E-state index contributed by atoms with van der Waals surface area (Å²) < 4.78 is 40.8. The molecule has 6 atom stereocenters. The molecule has 196 valence electrons. The van der Waals surface area contributed by atoms with Crippen LogP contribution >= 0.6 is 11.6 Å². The van der Waals surface area contributed by atoms with Gasteiger partial charge in [-0.2, -0.15) is 13.2 Å². The molecule has 4 aliphatic rings. The van der Waals surface area contributed by atoms with Crippen molar-refractivity contribution >= 4 is 29.1 Å². The minimum atomic E-state index is -4.61. The molecular weight excluding hydrogens is 489 g/mol. The maximum Gasteiger partial charge on any atom is 0.418 e. The number of anilines is 1. The molecule has 3 aliphatic carbocycles. The van der Waals surface area contributed by atoms with Crippen molar-refractivity contribution in [1.29, 1.82) is 0 Å². The third-order valence-electron chi connectivity index (χ3n) is 10.2. The monoisotopic (exact) mass is 522 g/mol. The number of carbonyl (C=O) groups is 2. The van der Waals surface area contributed by atoms with Gasteiger partial charge in [0.2, 0.25) is 11.8 Å². The Hall–Kier alpha value is -2.02. The predicted octanol–water partition coefficient (Wildman–Crippen LogP) is 7.29. The number of likely N-dealkylation sites (tertiary alicyclic amines) is 1. The second kappa shape index (κ2) is 8.50. The molecule has 1 aromatic rings. The van der Waals surface area contributed by atoms with Gasteiger partial charge in [0.1, 0.15) is 0 Å². The van der Waals surface area contributed by atoms with E-state index in [2.05, 4.69) is 26.1 Å². The van der Waals surface area contributed by atoms with Crippen LogP contribution in [0, 0.1) is 34.5 Å². The maximum atomic E-state index is 13.6. The number of rotatable bonds is 2. The SMILES string of the molecule is CC1=C2N(C)C(=O)CC[C@]2(C)[C@H]2CC[C@]3(C)[C@@H](C(=O)Nc4c(Cl)cccc4C(F)(F)F)CC[C@H]3[C@@H]2C1. The van der Waals surface area contributed by atoms with E-state index < -0.39 is 11.7 Å². The fourth-order valence-electron chi connectivity index (χ4n) is 8.64. The predicted molar refractivity (Wildman–Crippen MR) is 133 cm³/mol. The zero-order chi connectivity index (χ0) is 26.2. The van der Waals surface area contributed by atoms with Crippen molar-refractivity contribution in [2.75, 3.05) is 12.4 Å². The van der Waals surface area contributed by atoms with Crippen LogP contribution in [0.25, 0.3) is 0 Å². The number of benzene rings is 1. The number of alkyl halides is 3. The van der Waals surface area contributed by atoms with Gasteiger partial charge in [0.25, 0.3) is 0 Å². The molecule has 1 heterocycles. The molecule has 2 saturated carbocycles. The van der Waals surface area contributed by atoms with Gasteiger partial charge in [-0.25, -0.2) is 0 Å². The van der Waals surface area contributed by atoms with E-state index >= 15 is 0 Å². The minimum absolute atomic E-state index is 0.0590. The first-order chi connectivity index (χ1) is 16.8. The summed E-state index contributed by atoms with van der Waals surface area (Å²) in [5.41, 5.74) is 0.843. The van der Waals surface area contributed by atoms with E-state index in [1.807, 2.05) is 11.9 Å². The van der Waals surface area contributed by atoms with E-state index in [0.29, 0.717) is 30.6 Å². The number of halogens is 4. The summed E-state index contributed by atoms with van der Waals surface area (Å²) in [6.45, 7) is 6.61. The van der Waals surface area contributed by atoms with Crippen molar-refractivity contribution in [3.05, 3.63) is 40.1 Å². The Morgan fingerprint density at radius 2 is 1.86 bits per heavy atom. The van der Waals surface area contributed by atoms with Crippen LogP contribution in [0.2, 0.25) is 5.02 Å². The lowest BCUT2D eigenvalue weighted by Crippen LogP contribution is -2.54. The number of fused-ring (bicyclic) bond motifs is 5. The zero-order valence-electron chi connectivity index (χ0n) is 21.3. The van der Waals surface area contributed by atoms with Crippen LogP contribution in [0.15, 0.2) is 29.5 Å². The van der Waals surface area contributed by atoms with Crippen molar-refractivity contribution in [3.63, 3.8) is 0 Å². The molecule has 0 bridgehead atoms. The van der Waals surface area contributed by atoms with Crippen LogP contribution < -0.4 is 5.32 Å².